The van der Waals surface area contributed by atoms with Gasteiger partial charge in [-0.05, 0) is 68.1 Å². The van der Waals surface area contributed by atoms with E-state index in [1.807, 2.05) is 6.92 Å². The molecule has 1 N–H and O–H groups in total. The van der Waals surface area contributed by atoms with Crippen LogP contribution in [0.5, 0.6) is 0 Å². The summed E-state index contributed by atoms with van der Waals surface area (Å²) in [6.07, 6.45) is 9.66. The van der Waals surface area contributed by atoms with E-state index in [0.29, 0.717) is 16.7 Å². The number of aliphatic carboxylic acids is 1. The van der Waals surface area contributed by atoms with Gasteiger partial charge in [0.1, 0.15) is 0 Å². The van der Waals surface area contributed by atoms with Crippen molar-refractivity contribution >= 4 is 5.97 Å². The SMILES string of the molecule is C=C1CC[C@@H]2C(C)(C)CCC[C@@]2(C)[C@@H]1CC/C(C)=C\C(=O)O. The highest BCUT2D eigenvalue weighted by Crippen LogP contribution is 2.61. The van der Waals surface area contributed by atoms with Gasteiger partial charge in [0, 0.05) is 6.08 Å². The summed E-state index contributed by atoms with van der Waals surface area (Å²) in [5.74, 6) is 0.485. The number of carbonyl (C=O) groups is 1. The molecule has 0 amide bonds. The number of hydrogen-bond acceptors (Lipinski definition) is 1. The minimum atomic E-state index is -0.831. The molecule has 2 aliphatic carbocycles. The molecular weight excluding hydrogens is 272 g/mol. The van der Waals surface area contributed by atoms with Gasteiger partial charge in [-0.15, -0.1) is 0 Å². The number of fused-ring (bicyclic) bond motifs is 1. The normalized spacial score (nSPS) is 35.1. The van der Waals surface area contributed by atoms with Crippen LogP contribution in [-0.4, -0.2) is 11.1 Å². The van der Waals surface area contributed by atoms with E-state index >= 15 is 0 Å². The lowest BCUT2D eigenvalue weighted by Gasteiger charge is -2.58. The fraction of sp³-hybridized carbons (Fsp3) is 0.750. The fourth-order valence-electron chi connectivity index (χ4n) is 5.46. The molecule has 124 valence electrons. The molecule has 2 fully saturated rings. The predicted octanol–water partition coefficient (Wildman–Crippen LogP) is 5.60. The fourth-order valence-corrected chi connectivity index (χ4v) is 5.46. The molecule has 2 saturated carbocycles. The standard InChI is InChI=1S/C20H32O2/c1-14(13-18(21)22)7-9-16-15(2)8-10-17-19(3,4)11-6-12-20(16,17)5/h13,16-17H,2,6-12H2,1,3-5H3,(H,21,22)/b14-13-/t16-,17-,20+/m1/s1. The Labute approximate surface area is 135 Å². The quantitative estimate of drug-likeness (QED) is 0.542. The van der Waals surface area contributed by atoms with E-state index in [4.69, 9.17) is 5.11 Å². The molecule has 2 nitrogen and oxygen atoms in total. The minimum absolute atomic E-state index is 0.348. The number of allylic oxidation sites excluding steroid dienone is 2. The first-order valence-corrected chi connectivity index (χ1v) is 8.74. The van der Waals surface area contributed by atoms with Gasteiger partial charge in [0.2, 0.25) is 0 Å². The van der Waals surface area contributed by atoms with E-state index in [2.05, 4.69) is 27.4 Å². The maximum Gasteiger partial charge on any atom is 0.328 e. The van der Waals surface area contributed by atoms with Crippen LogP contribution >= 0.6 is 0 Å². The number of carboxylic acid groups (broad SMARTS) is 1. The second kappa shape index (κ2) is 6.22. The van der Waals surface area contributed by atoms with Gasteiger partial charge in [0.15, 0.2) is 0 Å². The van der Waals surface area contributed by atoms with Crippen molar-refractivity contribution in [2.75, 3.05) is 0 Å². The highest BCUT2D eigenvalue weighted by atomic mass is 16.4. The van der Waals surface area contributed by atoms with Crippen molar-refractivity contribution in [1.29, 1.82) is 0 Å². The van der Waals surface area contributed by atoms with Gasteiger partial charge in [-0.25, -0.2) is 4.79 Å². The molecule has 0 bridgehead atoms. The van der Waals surface area contributed by atoms with Gasteiger partial charge < -0.3 is 5.11 Å². The van der Waals surface area contributed by atoms with Crippen molar-refractivity contribution in [2.45, 2.75) is 72.6 Å². The molecule has 2 aliphatic rings. The van der Waals surface area contributed by atoms with Crippen molar-refractivity contribution in [3.63, 3.8) is 0 Å². The van der Waals surface area contributed by atoms with Crippen LogP contribution in [-0.2, 0) is 4.79 Å². The Hall–Kier alpha value is -1.05. The average Bonchev–Trinajstić information content (AvgIpc) is 2.35. The van der Waals surface area contributed by atoms with E-state index in [9.17, 15) is 4.79 Å². The van der Waals surface area contributed by atoms with Crippen LogP contribution in [0.3, 0.4) is 0 Å². The molecule has 0 aromatic rings. The van der Waals surface area contributed by atoms with Crippen LogP contribution < -0.4 is 0 Å². The predicted molar refractivity (Wildman–Crippen MR) is 91.7 cm³/mol. The third-order valence-corrected chi connectivity index (χ3v) is 6.52. The smallest absolute Gasteiger partial charge is 0.328 e. The number of rotatable bonds is 4. The number of hydrogen-bond donors (Lipinski definition) is 1. The van der Waals surface area contributed by atoms with Crippen LogP contribution in [0.15, 0.2) is 23.8 Å². The molecule has 2 heteroatoms. The summed E-state index contributed by atoms with van der Waals surface area (Å²) in [6.45, 7) is 13.7. The third-order valence-electron chi connectivity index (χ3n) is 6.52. The Kier molecular flexibility index (Phi) is 4.89. The average molecular weight is 304 g/mol. The lowest BCUT2D eigenvalue weighted by Crippen LogP contribution is -2.49. The van der Waals surface area contributed by atoms with E-state index < -0.39 is 5.97 Å². The minimum Gasteiger partial charge on any atom is -0.478 e. The van der Waals surface area contributed by atoms with Crippen LogP contribution in [0.1, 0.15) is 72.6 Å². The maximum atomic E-state index is 10.8. The van der Waals surface area contributed by atoms with Crippen molar-refractivity contribution < 1.29 is 9.90 Å². The zero-order valence-electron chi connectivity index (χ0n) is 14.7. The highest BCUT2D eigenvalue weighted by molar-refractivity contribution is 5.80. The summed E-state index contributed by atoms with van der Waals surface area (Å²) in [5, 5.41) is 8.89. The van der Waals surface area contributed by atoms with Crippen LogP contribution in [0.25, 0.3) is 0 Å². The second-order valence-electron chi connectivity index (χ2n) is 8.52. The molecule has 0 aliphatic heterocycles. The zero-order chi connectivity index (χ0) is 16.5. The van der Waals surface area contributed by atoms with E-state index in [1.54, 1.807) is 0 Å². The molecule has 0 aromatic carbocycles. The number of carboxylic acids is 1. The first-order chi connectivity index (χ1) is 10.2. The highest BCUT2D eigenvalue weighted by Gasteiger charge is 2.52. The largest absolute Gasteiger partial charge is 0.478 e. The van der Waals surface area contributed by atoms with Crippen LogP contribution in [0, 0.1) is 22.7 Å². The molecule has 0 unspecified atom stereocenters. The van der Waals surface area contributed by atoms with Crippen molar-refractivity contribution in [3.05, 3.63) is 23.8 Å². The van der Waals surface area contributed by atoms with Crippen LogP contribution in [0.2, 0.25) is 0 Å². The molecule has 0 radical (unpaired) electrons. The van der Waals surface area contributed by atoms with Gasteiger partial charge in [0.25, 0.3) is 0 Å². The molecule has 22 heavy (non-hydrogen) atoms. The van der Waals surface area contributed by atoms with Gasteiger partial charge >= 0.3 is 5.97 Å². The summed E-state index contributed by atoms with van der Waals surface area (Å²) in [4.78, 5) is 10.8. The molecule has 3 atom stereocenters. The Bertz CT molecular complexity index is 486. The molecule has 0 aromatic heterocycles. The van der Waals surface area contributed by atoms with Gasteiger partial charge in [-0.3, -0.25) is 0 Å². The lowest BCUT2D eigenvalue weighted by molar-refractivity contribution is -0.131. The Morgan fingerprint density at radius 3 is 2.68 bits per heavy atom. The first kappa shape index (κ1) is 17.3. The van der Waals surface area contributed by atoms with E-state index in [0.717, 1.165) is 30.8 Å². The van der Waals surface area contributed by atoms with Crippen LogP contribution in [0.4, 0.5) is 0 Å². The van der Waals surface area contributed by atoms with Crippen molar-refractivity contribution in [3.8, 4) is 0 Å². The molecule has 0 heterocycles. The second-order valence-corrected chi connectivity index (χ2v) is 8.52. The summed E-state index contributed by atoms with van der Waals surface area (Å²) >= 11 is 0. The Morgan fingerprint density at radius 2 is 2.05 bits per heavy atom. The molecular formula is C20H32O2. The summed E-state index contributed by atoms with van der Waals surface area (Å²) < 4.78 is 0. The van der Waals surface area contributed by atoms with Crippen molar-refractivity contribution in [1.82, 2.24) is 0 Å². The molecule has 2 rings (SSSR count). The summed E-state index contributed by atoms with van der Waals surface area (Å²) in [5.41, 5.74) is 3.15. The molecule has 0 saturated heterocycles. The summed E-state index contributed by atoms with van der Waals surface area (Å²) in [7, 11) is 0. The lowest BCUT2D eigenvalue weighted by atomic mass is 9.47. The Morgan fingerprint density at radius 1 is 1.36 bits per heavy atom. The Balaban J connectivity index is 2.17. The van der Waals surface area contributed by atoms with E-state index in [1.165, 1.54) is 37.3 Å². The van der Waals surface area contributed by atoms with Gasteiger partial charge in [-0.2, -0.15) is 0 Å². The van der Waals surface area contributed by atoms with Gasteiger partial charge in [0.05, 0.1) is 0 Å². The topological polar surface area (TPSA) is 37.3 Å². The van der Waals surface area contributed by atoms with Gasteiger partial charge in [-0.1, -0.05) is 44.9 Å². The van der Waals surface area contributed by atoms with Crippen molar-refractivity contribution in [2.24, 2.45) is 22.7 Å². The maximum absolute atomic E-state index is 10.8. The molecule has 0 spiro atoms. The van der Waals surface area contributed by atoms with E-state index in [-0.39, 0.29) is 0 Å². The summed E-state index contributed by atoms with van der Waals surface area (Å²) in [6, 6.07) is 0. The monoisotopic (exact) mass is 304 g/mol. The first-order valence-electron chi connectivity index (χ1n) is 8.74. The zero-order valence-corrected chi connectivity index (χ0v) is 14.7. The third kappa shape index (κ3) is 3.31.